The largest absolute Gasteiger partial charge is 0.309 e. The number of hydrogen-bond acceptors (Lipinski definition) is 6. The topological polar surface area (TPSA) is 82.4 Å². The lowest BCUT2D eigenvalue weighted by Crippen LogP contribution is -2.15. The van der Waals surface area contributed by atoms with Gasteiger partial charge in [-0.15, -0.1) is 11.3 Å². The number of aryl methyl sites for hydroxylation is 2. The molecule has 2 atom stereocenters. The summed E-state index contributed by atoms with van der Waals surface area (Å²) in [6, 6.07) is 2.29. The van der Waals surface area contributed by atoms with Gasteiger partial charge in [-0.05, 0) is 69.6 Å². The van der Waals surface area contributed by atoms with Crippen molar-refractivity contribution in [3.05, 3.63) is 49.0 Å². The molecule has 3 aromatic heterocycles. The quantitative estimate of drug-likeness (QED) is 0.588. The molecule has 5 nitrogen and oxygen atoms in total. The highest BCUT2D eigenvalue weighted by Crippen LogP contribution is 2.38. The molecule has 0 aromatic carbocycles. The zero-order valence-corrected chi connectivity index (χ0v) is 19.0. The van der Waals surface area contributed by atoms with Crippen LogP contribution in [0.3, 0.4) is 0 Å². The Morgan fingerprint density at radius 2 is 2.03 bits per heavy atom. The van der Waals surface area contributed by atoms with Crippen molar-refractivity contribution in [2.45, 2.75) is 64.2 Å². The molecule has 0 aliphatic heterocycles. The number of rotatable bonds is 3. The first-order chi connectivity index (χ1) is 13.8. The van der Waals surface area contributed by atoms with Crippen LogP contribution in [0.4, 0.5) is 0 Å². The molecule has 7 heteroatoms. The Balaban J connectivity index is 1.73. The van der Waals surface area contributed by atoms with Gasteiger partial charge >= 0.3 is 0 Å². The summed E-state index contributed by atoms with van der Waals surface area (Å²) in [7, 11) is 0. The number of nitriles is 1. The normalized spacial score (nSPS) is 17.2. The smallest absolute Gasteiger partial charge is 0.259 e. The predicted molar refractivity (Wildman–Crippen MR) is 119 cm³/mol. The maximum Gasteiger partial charge on any atom is 0.259 e. The van der Waals surface area contributed by atoms with E-state index in [1.165, 1.54) is 22.2 Å². The fraction of sp³-hybridized carbons (Fsp3) is 0.455. The van der Waals surface area contributed by atoms with Crippen molar-refractivity contribution >= 4 is 33.3 Å². The zero-order chi connectivity index (χ0) is 20.9. The van der Waals surface area contributed by atoms with Crippen LogP contribution in [0.2, 0.25) is 0 Å². The van der Waals surface area contributed by atoms with Crippen molar-refractivity contribution in [3.63, 3.8) is 0 Å². The summed E-state index contributed by atoms with van der Waals surface area (Å²) in [5.41, 5.74) is 4.69. The molecule has 3 aromatic rings. The second-order valence-electron chi connectivity index (χ2n) is 7.98. The van der Waals surface area contributed by atoms with Crippen molar-refractivity contribution < 1.29 is 0 Å². The van der Waals surface area contributed by atoms with Crippen molar-refractivity contribution in [1.29, 1.82) is 5.26 Å². The molecule has 1 N–H and O–H groups in total. The van der Waals surface area contributed by atoms with E-state index in [2.05, 4.69) is 23.0 Å². The highest BCUT2D eigenvalue weighted by Gasteiger charge is 2.24. The molecule has 150 valence electrons. The van der Waals surface area contributed by atoms with Gasteiger partial charge in [-0.3, -0.25) is 4.79 Å². The van der Waals surface area contributed by atoms with E-state index in [0.29, 0.717) is 22.3 Å². The second-order valence-corrected chi connectivity index (χ2v) is 10.4. The van der Waals surface area contributed by atoms with Crippen LogP contribution in [-0.4, -0.2) is 15.0 Å². The van der Waals surface area contributed by atoms with E-state index in [-0.39, 0.29) is 10.8 Å². The fourth-order valence-electron chi connectivity index (χ4n) is 3.91. The van der Waals surface area contributed by atoms with E-state index in [9.17, 15) is 10.1 Å². The van der Waals surface area contributed by atoms with Crippen LogP contribution in [0, 0.1) is 38.0 Å². The first-order valence-electron chi connectivity index (χ1n) is 9.89. The minimum absolute atomic E-state index is 0.0470. The Bertz CT molecular complexity index is 1220. The van der Waals surface area contributed by atoms with E-state index in [1.54, 1.807) is 11.3 Å². The Morgan fingerprint density at radius 1 is 1.28 bits per heavy atom. The molecule has 3 heterocycles. The third-order valence-electron chi connectivity index (χ3n) is 5.93. The van der Waals surface area contributed by atoms with Crippen LogP contribution in [0.25, 0.3) is 10.2 Å². The predicted octanol–water partition coefficient (Wildman–Crippen LogP) is 5.15. The number of aromatic nitrogens is 3. The number of aromatic amines is 1. The number of nitrogens with one attached hydrogen (secondary N) is 1. The minimum atomic E-state index is -0.119. The lowest BCUT2D eigenvalue weighted by molar-refractivity contribution is 0.509. The van der Waals surface area contributed by atoms with Gasteiger partial charge in [0.15, 0.2) is 0 Å². The Morgan fingerprint density at radius 3 is 2.76 bits per heavy atom. The molecule has 1 aliphatic rings. The van der Waals surface area contributed by atoms with E-state index in [1.807, 2.05) is 27.7 Å². The summed E-state index contributed by atoms with van der Waals surface area (Å²) < 4.78 is 0. The van der Waals surface area contributed by atoms with Gasteiger partial charge in [0, 0.05) is 10.6 Å². The van der Waals surface area contributed by atoms with Crippen molar-refractivity contribution in [1.82, 2.24) is 15.0 Å². The number of thiophene rings is 1. The molecular weight excluding hydrogens is 400 g/mol. The molecule has 0 unspecified atom stereocenters. The number of pyridine rings is 1. The third-order valence-corrected chi connectivity index (χ3v) is 8.18. The van der Waals surface area contributed by atoms with E-state index < -0.39 is 0 Å². The van der Waals surface area contributed by atoms with E-state index in [4.69, 9.17) is 4.98 Å². The van der Waals surface area contributed by atoms with Crippen molar-refractivity contribution in [2.75, 3.05) is 0 Å². The molecule has 0 spiro atoms. The van der Waals surface area contributed by atoms with Gasteiger partial charge in [0.25, 0.3) is 5.56 Å². The Hall–Kier alpha value is -2.17. The van der Waals surface area contributed by atoms with Gasteiger partial charge in [0.05, 0.1) is 16.2 Å². The molecule has 0 amide bonds. The van der Waals surface area contributed by atoms with E-state index >= 15 is 0 Å². The van der Waals surface area contributed by atoms with Crippen LogP contribution in [-0.2, 0) is 12.8 Å². The van der Waals surface area contributed by atoms with Crippen LogP contribution in [0.15, 0.2) is 9.82 Å². The lowest BCUT2D eigenvalue weighted by atomic mass is 9.89. The molecule has 29 heavy (non-hydrogen) atoms. The first-order valence-corrected chi connectivity index (χ1v) is 11.6. The summed E-state index contributed by atoms with van der Waals surface area (Å²) >= 11 is 3.14. The SMILES string of the molecule is Cc1nc(S[C@@H](C)c2nc3sc4c(c3c(=O)[nH]2)CC[C@H](C)C4)c(C#N)c(C)c1C. The number of hydrogen-bond donors (Lipinski definition) is 1. The standard InChI is InChI=1S/C22H24N4OS2/c1-10-6-7-15-17(8-10)29-22-18(15)20(27)25-19(26-22)14(5)28-21-16(9-23)12(3)11(2)13(4)24-21/h10,14H,6-8H2,1-5H3,(H,25,26,27)/t10-,14-/m0/s1. The van der Waals surface area contributed by atoms with Crippen LogP contribution in [0.5, 0.6) is 0 Å². The summed E-state index contributed by atoms with van der Waals surface area (Å²) in [4.78, 5) is 27.5. The van der Waals surface area contributed by atoms with Gasteiger partial charge in [-0.2, -0.15) is 5.26 Å². The number of nitrogens with zero attached hydrogens (tertiary/aromatic N) is 3. The maximum absolute atomic E-state index is 12.9. The van der Waals surface area contributed by atoms with Crippen molar-refractivity contribution in [2.24, 2.45) is 5.92 Å². The maximum atomic E-state index is 12.9. The average Bonchev–Trinajstić information content (AvgIpc) is 3.04. The minimum Gasteiger partial charge on any atom is -0.309 e. The number of H-pyrrole nitrogens is 1. The highest BCUT2D eigenvalue weighted by molar-refractivity contribution is 7.99. The second kappa shape index (κ2) is 7.58. The summed E-state index contributed by atoms with van der Waals surface area (Å²) in [5.74, 6) is 1.30. The summed E-state index contributed by atoms with van der Waals surface area (Å²) in [6.07, 6.45) is 3.12. The monoisotopic (exact) mass is 424 g/mol. The third kappa shape index (κ3) is 3.49. The molecule has 0 radical (unpaired) electrons. The molecule has 1 aliphatic carbocycles. The number of thioether (sulfide) groups is 1. The first kappa shape index (κ1) is 20.1. The van der Waals surface area contributed by atoms with Crippen LogP contribution < -0.4 is 5.56 Å². The summed E-state index contributed by atoms with van der Waals surface area (Å²) in [6.45, 7) is 10.2. The van der Waals surface area contributed by atoms with Gasteiger partial charge in [0.2, 0.25) is 0 Å². The molecule has 4 rings (SSSR count). The molecule has 0 fully saturated rings. The Labute approximate surface area is 178 Å². The molecule has 0 saturated carbocycles. The van der Waals surface area contributed by atoms with Gasteiger partial charge in [0.1, 0.15) is 21.7 Å². The summed E-state index contributed by atoms with van der Waals surface area (Å²) in [5, 5.41) is 11.0. The zero-order valence-electron chi connectivity index (χ0n) is 17.3. The van der Waals surface area contributed by atoms with Crippen molar-refractivity contribution in [3.8, 4) is 6.07 Å². The van der Waals surface area contributed by atoms with Crippen LogP contribution in [0.1, 0.15) is 64.2 Å². The fourth-order valence-corrected chi connectivity index (χ4v) is 6.36. The van der Waals surface area contributed by atoms with Gasteiger partial charge in [-0.1, -0.05) is 18.7 Å². The van der Waals surface area contributed by atoms with Gasteiger partial charge in [-0.25, -0.2) is 9.97 Å². The average molecular weight is 425 g/mol. The van der Waals surface area contributed by atoms with E-state index in [0.717, 1.165) is 46.3 Å². The Kier molecular flexibility index (Phi) is 5.26. The highest BCUT2D eigenvalue weighted by atomic mass is 32.2. The van der Waals surface area contributed by atoms with Crippen LogP contribution >= 0.6 is 23.1 Å². The van der Waals surface area contributed by atoms with Gasteiger partial charge < -0.3 is 4.98 Å². The molecular formula is C22H24N4OS2. The molecule has 0 saturated heterocycles. The molecule has 0 bridgehead atoms. The lowest BCUT2D eigenvalue weighted by Gasteiger charge is -2.17. The number of fused-ring (bicyclic) bond motifs is 3.